The van der Waals surface area contributed by atoms with Crippen molar-refractivity contribution in [2.24, 2.45) is 5.92 Å². The van der Waals surface area contributed by atoms with Crippen LogP contribution in [0.5, 0.6) is 0 Å². The second-order valence-corrected chi connectivity index (χ2v) is 7.09. The van der Waals surface area contributed by atoms with Crippen LogP contribution in [-0.4, -0.2) is 42.2 Å². The van der Waals surface area contributed by atoms with Gasteiger partial charge in [-0.25, -0.2) is 0 Å². The van der Waals surface area contributed by atoms with Gasteiger partial charge in [-0.1, -0.05) is 19.8 Å². The van der Waals surface area contributed by atoms with E-state index in [1.165, 1.54) is 6.42 Å². The monoisotopic (exact) mass is 332 g/mol. The lowest BCUT2D eigenvalue weighted by Crippen LogP contribution is -2.39. The lowest BCUT2D eigenvalue weighted by molar-refractivity contribution is 0.0683. The molecule has 0 unspecified atom stereocenters. The maximum Gasteiger partial charge on any atom is 0.253 e. The van der Waals surface area contributed by atoms with Crippen LogP contribution in [0.25, 0.3) is 0 Å². The maximum atomic E-state index is 12.7. The number of unbranched alkanes of at least 4 members (excludes halogenated alkanes) is 3. The van der Waals surface area contributed by atoms with Crippen LogP contribution in [0.1, 0.15) is 61.4 Å². The van der Waals surface area contributed by atoms with E-state index in [2.05, 4.69) is 19.2 Å². The van der Waals surface area contributed by atoms with Crippen LogP contribution in [0.4, 0.5) is 5.69 Å². The second kappa shape index (κ2) is 9.67. The van der Waals surface area contributed by atoms with E-state index in [1.54, 1.807) is 0 Å². The summed E-state index contributed by atoms with van der Waals surface area (Å²) in [6.45, 7) is 7.27. The Hall–Kier alpha value is -1.55. The number of aliphatic hydroxyl groups is 1. The number of hydrogen-bond donors (Lipinski definition) is 2. The number of nitrogens with zero attached hydrogens (tertiary/aromatic N) is 1. The molecule has 1 aliphatic rings. The van der Waals surface area contributed by atoms with Gasteiger partial charge in [0.2, 0.25) is 0 Å². The molecule has 24 heavy (non-hydrogen) atoms. The van der Waals surface area contributed by atoms with E-state index in [-0.39, 0.29) is 12.5 Å². The molecule has 134 valence electrons. The average Bonchev–Trinajstić information content (AvgIpc) is 2.58. The fourth-order valence-corrected chi connectivity index (χ4v) is 3.36. The molecule has 1 aromatic carbocycles. The number of rotatable bonds is 8. The summed E-state index contributed by atoms with van der Waals surface area (Å²) in [5.74, 6) is 0.774. The number of hydrogen-bond acceptors (Lipinski definition) is 3. The molecule has 1 aliphatic heterocycles. The first kappa shape index (κ1) is 18.8. The van der Waals surface area contributed by atoms with Gasteiger partial charge in [-0.05, 0) is 62.3 Å². The minimum atomic E-state index is 0.167. The minimum absolute atomic E-state index is 0.167. The molecule has 1 atom stereocenters. The molecule has 0 aromatic heterocycles. The highest BCUT2D eigenvalue weighted by atomic mass is 16.2. The SMILES string of the molecule is Cc1cc(C(=O)N2CCC[C@@H](C)C2)ccc1NCCCCCCO. The molecule has 1 fully saturated rings. The lowest BCUT2D eigenvalue weighted by atomic mass is 9.99. The molecule has 4 heteroatoms. The Bertz CT molecular complexity index is 530. The van der Waals surface area contributed by atoms with Gasteiger partial charge in [0.05, 0.1) is 0 Å². The van der Waals surface area contributed by atoms with Crippen LogP contribution in [0.15, 0.2) is 18.2 Å². The van der Waals surface area contributed by atoms with Gasteiger partial charge in [0.1, 0.15) is 0 Å². The van der Waals surface area contributed by atoms with Crippen molar-refractivity contribution in [3.63, 3.8) is 0 Å². The summed E-state index contributed by atoms with van der Waals surface area (Å²) in [6.07, 6.45) is 6.55. The van der Waals surface area contributed by atoms with Crippen molar-refractivity contribution in [2.45, 2.75) is 52.4 Å². The number of aryl methyl sites for hydroxylation is 1. The quantitative estimate of drug-likeness (QED) is 0.711. The molecular weight excluding hydrogens is 300 g/mol. The molecule has 0 bridgehead atoms. The summed E-state index contributed by atoms with van der Waals surface area (Å²) in [4.78, 5) is 14.7. The Morgan fingerprint density at radius 1 is 1.29 bits per heavy atom. The summed E-state index contributed by atoms with van der Waals surface area (Å²) in [7, 11) is 0. The van der Waals surface area contributed by atoms with Crippen LogP contribution in [0.2, 0.25) is 0 Å². The maximum absolute atomic E-state index is 12.7. The third-order valence-corrected chi connectivity index (χ3v) is 4.82. The van der Waals surface area contributed by atoms with Crippen molar-refractivity contribution < 1.29 is 9.90 Å². The van der Waals surface area contributed by atoms with Gasteiger partial charge in [-0.2, -0.15) is 0 Å². The highest BCUT2D eigenvalue weighted by Gasteiger charge is 2.22. The van der Waals surface area contributed by atoms with Crippen LogP contribution in [0.3, 0.4) is 0 Å². The van der Waals surface area contributed by atoms with Gasteiger partial charge in [0, 0.05) is 37.5 Å². The van der Waals surface area contributed by atoms with Gasteiger partial charge in [-0.15, -0.1) is 0 Å². The topological polar surface area (TPSA) is 52.6 Å². The molecular formula is C20H32N2O2. The Morgan fingerprint density at radius 2 is 2.08 bits per heavy atom. The van der Waals surface area contributed by atoms with E-state index in [4.69, 9.17) is 5.11 Å². The van der Waals surface area contributed by atoms with Crippen LogP contribution in [0, 0.1) is 12.8 Å². The summed E-state index contributed by atoms with van der Waals surface area (Å²) in [5, 5.41) is 12.2. The van der Waals surface area contributed by atoms with Crippen molar-refractivity contribution in [2.75, 3.05) is 31.6 Å². The standard InChI is InChI=1S/C20H32N2O2/c1-16-8-7-12-22(15-16)20(24)18-9-10-19(17(2)14-18)21-11-5-3-4-6-13-23/h9-10,14,16,21,23H,3-8,11-13,15H2,1-2H3/t16-/m1/s1. The van der Waals surface area contributed by atoms with E-state index in [0.29, 0.717) is 5.92 Å². The first-order valence-corrected chi connectivity index (χ1v) is 9.36. The molecule has 1 amide bonds. The predicted molar refractivity (Wildman–Crippen MR) is 99.5 cm³/mol. The number of anilines is 1. The van der Waals surface area contributed by atoms with Gasteiger partial charge in [0.25, 0.3) is 5.91 Å². The van der Waals surface area contributed by atoms with Gasteiger partial charge in [-0.3, -0.25) is 4.79 Å². The highest BCUT2D eigenvalue weighted by Crippen LogP contribution is 2.21. The third kappa shape index (κ3) is 5.52. The van der Waals surface area contributed by atoms with E-state index in [0.717, 1.165) is 68.6 Å². The summed E-state index contributed by atoms with van der Waals surface area (Å²) in [5.41, 5.74) is 3.04. The van der Waals surface area contributed by atoms with E-state index in [9.17, 15) is 4.79 Å². The molecule has 1 heterocycles. The number of likely N-dealkylation sites (tertiary alicyclic amines) is 1. The summed E-state index contributed by atoms with van der Waals surface area (Å²) >= 11 is 0. The zero-order valence-corrected chi connectivity index (χ0v) is 15.2. The third-order valence-electron chi connectivity index (χ3n) is 4.82. The molecule has 2 N–H and O–H groups in total. The number of benzene rings is 1. The zero-order chi connectivity index (χ0) is 17.4. The molecule has 1 aromatic rings. The Kier molecular flexibility index (Phi) is 7.57. The largest absolute Gasteiger partial charge is 0.396 e. The van der Waals surface area contributed by atoms with E-state index >= 15 is 0 Å². The molecule has 0 radical (unpaired) electrons. The fourth-order valence-electron chi connectivity index (χ4n) is 3.36. The van der Waals surface area contributed by atoms with Crippen molar-refractivity contribution in [1.29, 1.82) is 0 Å². The highest BCUT2D eigenvalue weighted by molar-refractivity contribution is 5.95. The number of carbonyl (C=O) groups is 1. The zero-order valence-electron chi connectivity index (χ0n) is 15.2. The molecule has 0 spiro atoms. The molecule has 0 saturated carbocycles. The van der Waals surface area contributed by atoms with Gasteiger partial charge in [0.15, 0.2) is 0 Å². The second-order valence-electron chi connectivity index (χ2n) is 7.09. The van der Waals surface area contributed by atoms with Gasteiger partial charge < -0.3 is 15.3 Å². The van der Waals surface area contributed by atoms with Crippen LogP contribution >= 0.6 is 0 Å². The minimum Gasteiger partial charge on any atom is -0.396 e. The fraction of sp³-hybridized carbons (Fsp3) is 0.650. The number of nitrogens with one attached hydrogen (secondary N) is 1. The van der Waals surface area contributed by atoms with Gasteiger partial charge >= 0.3 is 0 Å². The molecule has 0 aliphatic carbocycles. The summed E-state index contributed by atoms with van der Waals surface area (Å²) in [6, 6.07) is 5.99. The smallest absolute Gasteiger partial charge is 0.253 e. The Labute approximate surface area is 146 Å². The van der Waals surface area contributed by atoms with Crippen molar-refractivity contribution in [3.05, 3.63) is 29.3 Å². The van der Waals surface area contributed by atoms with Crippen molar-refractivity contribution in [3.8, 4) is 0 Å². The van der Waals surface area contributed by atoms with E-state index in [1.807, 2.05) is 23.1 Å². The number of carbonyl (C=O) groups excluding carboxylic acids is 1. The first-order chi connectivity index (χ1) is 11.6. The summed E-state index contributed by atoms with van der Waals surface area (Å²) < 4.78 is 0. The van der Waals surface area contributed by atoms with Crippen LogP contribution in [-0.2, 0) is 0 Å². The Morgan fingerprint density at radius 3 is 2.79 bits per heavy atom. The lowest BCUT2D eigenvalue weighted by Gasteiger charge is -2.31. The number of piperidine rings is 1. The molecule has 4 nitrogen and oxygen atoms in total. The average molecular weight is 332 g/mol. The van der Waals surface area contributed by atoms with Crippen LogP contribution < -0.4 is 5.32 Å². The Balaban J connectivity index is 1.86. The first-order valence-electron chi connectivity index (χ1n) is 9.36. The normalized spacial score (nSPS) is 17.8. The van der Waals surface area contributed by atoms with Crippen molar-refractivity contribution in [1.82, 2.24) is 4.90 Å². The van der Waals surface area contributed by atoms with E-state index < -0.39 is 0 Å². The number of aliphatic hydroxyl groups excluding tert-OH is 1. The number of amides is 1. The molecule has 1 saturated heterocycles. The van der Waals surface area contributed by atoms with Crippen molar-refractivity contribution >= 4 is 11.6 Å². The molecule has 2 rings (SSSR count). The predicted octanol–water partition coefficient (Wildman–Crippen LogP) is 3.83.